The lowest BCUT2D eigenvalue weighted by Gasteiger charge is -2.28. The Morgan fingerprint density at radius 3 is 1.34 bits per heavy atom. The van der Waals surface area contributed by atoms with E-state index in [1.165, 1.54) is 152 Å². The van der Waals surface area contributed by atoms with E-state index in [4.69, 9.17) is 0 Å². The minimum atomic E-state index is -0.142. The summed E-state index contributed by atoms with van der Waals surface area (Å²) in [5, 5.41) is 0. The third-order valence-electron chi connectivity index (χ3n) is 9.76. The highest BCUT2D eigenvalue weighted by Gasteiger charge is 2.43. The second kappa shape index (κ2) is 18.8. The average Bonchev–Trinajstić information content (AvgIpc) is 3.61. The van der Waals surface area contributed by atoms with Crippen LogP contribution in [-0.4, -0.2) is 23.3 Å². The summed E-state index contributed by atoms with van der Waals surface area (Å²) >= 11 is 0. The van der Waals surface area contributed by atoms with E-state index < -0.39 is 0 Å². The number of imide groups is 1. The van der Waals surface area contributed by atoms with Crippen LogP contribution >= 0.6 is 0 Å². The van der Waals surface area contributed by atoms with Crippen LogP contribution in [0.15, 0.2) is 24.3 Å². The predicted molar refractivity (Wildman–Crippen MR) is 161 cm³/mol. The Labute approximate surface area is 235 Å². The van der Waals surface area contributed by atoms with E-state index in [-0.39, 0.29) is 11.8 Å². The van der Waals surface area contributed by atoms with Crippen molar-refractivity contribution in [2.45, 2.75) is 155 Å². The highest BCUT2D eigenvalue weighted by Crippen LogP contribution is 2.51. The monoisotopic (exact) mass is 525 g/mol. The molecule has 3 heteroatoms. The molecule has 0 aromatic carbocycles. The number of nitrogens with zero attached hydrogens (tertiary/aromatic N) is 1. The highest BCUT2D eigenvalue weighted by molar-refractivity contribution is 6.12. The van der Waals surface area contributed by atoms with E-state index >= 15 is 0 Å². The Kier molecular flexibility index (Phi) is 15.4. The number of rotatable bonds is 24. The van der Waals surface area contributed by atoms with E-state index in [1.54, 1.807) is 0 Å². The first kappa shape index (κ1) is 31.2. The molecule has 0 N–H and O–H groups in total. The minimum Gasteiger partial charge on any atom is -0.275 e. The lowest BCUT2D eigenvalue weighted by Crippen LogP contribution is -2.30. The summed E-state index contributed by atoms with van der Waals surface area (Å²) in [5.41, 5.74) is 0. The van der Waals surface area contributed by atoms with E-state index in [9.17, 15) is 9.59 Å². The van der Waals surface area contributed by atoms with Gasteiger partial charge in [-0.3, -0.25) is 14.5 Å². The fourth-order valence-electron chi connectivity index (χ4n) is 7.47. The van der Waals surface area contributed by atoms with Crippen molar-refractivity contribution < 1.29 is 9.59 Å². The maximum atomic E-state index is 11.5. The van der Waals surface area contributed by atoms with Gasteiger partial charge in [-0.1, -0.05) is 141 Å². The van der Waals surface area contributed by atoms with Gasteiger partial charge < -0.3 is 0 Å². The Hall–Kier alpha value is -1.38. The number of carbonyl (C=O) groups excluding carboxylic acids is 2. The van der Waals surface area contributed by atoms with Crippen LogP contribution in [0.1, 0.15) is 155 Å². The van der Waals surface area contributed by atoms with Crippen molar-refractivity contribution in [3.63, 3.8) is 0 Å². The first-order valence-corrected chi connectivity index (χ1v) is 16.9. The maximum absolute atomic E-state index is 11.5. The topological polar surface area (TPSA) is 37.4 Å². The van der Waals surface area contributed by atoms with Crippen molar-refractivity contribution in [1.82, 2.24) is 4.90 Å². The number of allylic oxidation sites excluding steroid dienone is 2. The molecule has 3 aliphatic rings. The smallest absolute Gasteiger partial charge is 0.253 e. The third kappa shape index (κ3) is 11.0. The van der Waals surface area contributed by atoms with E-state index in [0.717, 1.165) is 36.5 Å². The van der Waals surface area contributed by atoms with Gasteiger partial charge in [-0.15, -0.1) is 0 Å². The molecule has 0 radical (unpaired) electrons. The zero-order chi connectivity index (χ0) is 26.8. The molecule has 0 spiro atoms. The molecular formula is C35H59NO2. The largest absolute Gasteiger partial charge is 0.275 e. The normalized spacial score (nSPS) is 24.0. The van der Waals surface area contributed by atoms with Crippen LogP contribution in [0.5, 0.6) is 0 Å². The molecule has 0 aromatic heterocycles. The summed E-state index contributed by atoms with van der Waals surface area (Å²) in [4.78, 5) is 24.5. The van der Waals surface area contributed by atoms with E-state index in [1.807, 2.05) is 0 Å². The number of hydrogen-bond acceptors (Lipinski definition) is 2. The van der Waals surface area contributed by atoms with Crippen molar-refractivity contribution in [2.75, 3.05) is 6.54 Å². The average molecular weight is 526 g/mol. The minimum absolute atomic E-state index is 0.142. The second-order valence-corrected chi connectivity index (χ2v) is 12.7. The van der Waals surface area contributed by atoms with Gasteiger partial charge in [-0.2, -0.15) is 0 Å². The number of fused-ring (bicyclic) bond motifs is 2. The van der Waals surface area contributed by atoms with Gasteiger partial charge in [0.1, 0.15) is 0 Å². The van der Waals surface area contributed by atoms with Gasteiger partial charge in [0.15, 0.2) is 0 Å². The summed E-state index contributed by atoms with van der Waals surface area (Å²) < 4.78 is 0. The van der Waals surface area contributed by atoms with Crippen LogP contribution in [0.2, 0.25) is 0 Å². The second-order valence-electron chi connectivity index (χ2n) is 12.7. The van der Waals surface area contributed by atoms with E-state index in [0.29, 0.717) is 6.54 Å². The number of amides is 2. The van der Waals surface area contributed by atoms with Crippen molar-refractivity contribution in [3.05, 3.63) is 24.3 Å². The lowest BCUT2D eigenvalue weighted by molar-refractivity contribution is -0.136. The summed E-state index contributed by atoms with van der Waals surface area (Å²) in [5.74, 6) is 3.53. The standard InChI is InChI=1S/C35H59NO2/c1-2-3-4-5-6-7-10-13-16-19-22-32-30-24-25-31(29-30)33(32)23-20-17-14-11-8-9-12-15-18-21-28-36-34(37)26-27-35(36)38/h24-27,30-33H,2-23,28-29H2,1H3. The summed E-state index contributed by atoms with van der Waals surface area (Å²) in [6.45, 7) is 2.89. The van der Waals surface area contributed by atoms with Gasteiger partial charge in [0, 0.05) is 18.7 Å². The quantitative estimate of drug-likeness (QED) is 0.0714. The van der Waals surface area contributed by atoms with Crippen LogP contribution < -0.4 is 0 Å². The third-order valence-corrected chi connectivity index (χ3v) is 9.76. The van der Waals surface area contributed by atoms with Gasteiger partial charge in [0.25, 0.3) is 11.8 Å². The number of unbranched alkanes of at least 4 members (excludes halogenated alkanes) is 18. The first-order valence-electron chi connectivity index (χ1n) is 16.9. The molecule has 1 aliphatic heterocycles. The highest BCUT2D eigenvalue weighted by atomic mass is 16.2. The molecule has 3 nitrogen and oxygen atoms in total. The molecule has 2 amide bonds. The SMILES string of the molecule is CCCCCCCCCCCCC1C2C=CC(C2)C1CCCCCCCCCCCCN1C(=O)C=CC1=O. The van der Waals surface area contributed by atoms with Crippen molar-refractivity contribution >= 4 is 11.8 Å². The van der Waals surface area contributed by atoms with Crippen molar-refractivity contribution in [2.24, 2.45) is 23.7 Å². The van der Waals surface area contributed by atoms with Crippen LogP contribution in [-0.2, 0) is 9.59 Å². The number of hydrogen-bond donors (Lipinski definition) is 0. The van der Waals surface area contributed by atoms with Gasteiger partial charge in [0.05, 0.1) is 0 Å². The summed E-state index contributed by atoms with van der Waals surface area (Å²) in [7, 11) is 0. The van der Waals surface area contributed by atoms with Crippen molar-refractivity contribution in [3.8, 4) is 0 Å². The Balaban J connectivity index is 1.11. The zero-order valence-electron chi connectivity index (χ0n) is 24.9. The molecule has 4 atom stereocenters. The molecule has 1 fully saturated rings. The molecule has 3 rings (SSSR count). The van der Waals surface area contributed by atoms with Crippen molar-refractivity contribution in [1.29, 1.82) is 0 Å². The zero-order valence-corrected chi connectivity index (χ0v) is 24.9. The maximum Gasteiger partial charge on any atom is 0.253 e. The van der Waals surface area contributed by atoms with Gasteiger partial charge in [-0.25, -0.2) is 0 Å². The Morgan fingerprint density at radius 2 is 0.921 bits per heavy atom. The lowest BCUT2D eigenvalue weighted by atomic mass is 9.77. The molecular weight excluding hydrogens is 466 g/mol. The fourth-order valence-corrected chi connectivity index (χ4v) is 7.47. The fraction of sp³-hybridized carbons (Fsp3) is 0.829. The molecule has 4 unspecified atom stereocenters. The molecule has 38 heavy (non-hydrogen) atoms. The summed E-state index contributed by atoms with van der Waals surface area (Å²) in [6.07, 6.45) is 39.8. The number of carbonyl (C=O) groups is 2. The predicted octanol–water partition coefficient (Wildman–Crippen LogP) is 9.95. The molecule has 2 aliphatic carbocycles. The van der Waals surface area contributed by atoms with Crippen LogP contribution in [0, 0.1) is 23.7 Å². The molecule has 1 saturated carbocycles. The van der Waals surface area contributed by atoms with Gasteiger partial charge in [0.2, 0.25) is 0 Å². The molecule has 0 saturated heterocycles. The van der Waals surface area contributed by atoms with Gasteiger partial charge >= 0.3 is 0 Å². The van der Waals surface area contributed by atoms with Crippen LogP contribution in [0.3, 0.4) is 0 Å². The molecule has 1 heterocycles. The van der Waals surface area contributed by atoms with Crippen LogP contribution in [0.4, 0.5) is 0 Å². The summed E-state index contributed by atoms with van der Waals surface area (Å²) in [6, 6.07) is 0. The Morgan fingerprint density at radius 1 is 0.553 bits per heavy atom. The van der Waals surface area contributed by atoms with E-state index in [2.05, 4.69) is 19.1 Å². The molecule has 216 valence electrons. The molecule has 0 aromatic rings. The first-order chi connectivity index (χ1) is 18.7. The van der Waals surface area contributed by atoms with Crippen LogP contribution in [0.25, 0.3) is 0 Å². The van der Waals surface area contributed by atoms with Gasteiger partial charge in [-0.05, 0) is 49.4 Å². The Bertz CT molecular complexity index is 707. The molecule has 2 bridgehead atoms.